The van der Waals surface area contributed by atoms with Gasteiger partial charge in [0, 0.05) is 18.3 Å². The Labute approximate surface area is 138 Å². The fraction of sp³-hybridized carbons (Fsp3) is 0.118. The lowest BCUT2D eigenvalue weighted by atomic mass is 10.2. The van der Waals surface area contributed by atoms with Crippen LogP contribution in [0.5, 0.6) is 5.75 Å². The molecule has 0 heterocycles. The maximum atomic E-state index is 11.8. The molecule has 0 saturated carbocycles. The highest BCUT2D eigenvalue weighted by molar-refractivity contribution is 5.97. The second-order valence-corrected chi connectivity index (χ2v) is 4.90. The zero-order valence-corrected chi connectivity index (χ0v) is 12.9. The third-order valence-electron chi connectivity index (χ3n) is 2.93. The van der Waals surface area contributed by atoms with Crippen molar-refractivity contribution in [1.29, 1.82) is 0 Å². The van der Waals surface area contributed by atoms with Crippen molar-refractivity contribution < 1.29 is 24.2 Å². The number of ether oxygens (including phenoxy) is 1. The summed E-state index contributed by atoms with van der Waals surface area (Å²) in [6.07, 6.45) is 0. The summed E-state index contributed by atoms with van der Waals surface area (Å²) in [5.74, 6) is -1.78. The van der Waals surface area contributed by atoms with E-state index in [9.17, 15) is 19.5 Å². The molecule has 0 saturated heterocycles. The standard InChI is InChI=1S/C17H16N2O5/c1-11(20)18-12-5-4-6-13(9-12)19-16(22)10-24-17(23)14-7-2-3-8-15(14)21/h2-9,21H,10H2,1H3,(H,18,20)(H,19,22). The van der Waals surface area contributed by atoms with Crippen molar-refractivity contribution in [3.8, 4) is 5.75 Å². The number of amides is 2. The van der Waals surface area contributed by atoms with Gasteiger partial charge in [0.05, 0.1) is 0 Å². The molecule has 0 aromatic heterocycles. The molecule has 0 bridgehead atoms. The summed E-state index contributed by atoms with van der Waals surface area (Å²) in [5.41, 5.74) is 0.967. The molecule has 124 valence electrons. The van der Waals surface area contributed by atoms with Crippen LogP contribution in [-0.4, -0.2) is 29.5 Å². The first-order chi connectivity index (χ1) is 11.5. The third kappa shape index (κ3) is 4.84. The van der Waals surface area contributed by atoms with Crippen LogP contribution < -0.4 is 10.6 Å². The number of aromatic hydroxyl groups is 1. The van der Waals surface area contributed by atoms with Crippen LogP contribution in [-0.2, 0) is 14.3 Å². The van der Waals surface area contributed by atoms with Crippen molar-refractivity contribution >= 4 is 29.2 Å². The number of para-hydroxylation sites is 1. The van der Waals surface area contributed by atoms with E-state index in [1.165, 1.54) is 19.1 Å². The van der Waals surface area contributed by atoms with Crippen LogP contribution in [0.15, 0.2) is 48.5 Å². The molecule has 0 radical (unpaired) electrons. The number of hydrogen-bond donors (Lipinski definition) is 3. The minimum atomic E-state index is -0.796. The summed E-state index contributed by atoms with van der Waals surface area (Å²) in [6.45, 7) is 0.876. The number of carbonyl (C=O) groups excluding carboxylic acids is 3. The summed E-state index contributed by atoms with van der Waals surface area (Å²) >= 11 is 0. The zero-order valence-electron chi connectivity index (χ0n) is 12.9. The molecule has 0 atom stereocenters. The predicted molar refractivity (Wildman–Crippen MR) is 87.8 cm³/mol. The SMILES string of the molecule is CC(=O)Nc1cccc(NC(=O)COC(=O)c2ccccc2O)c1. The molecule has 7 heteroatoms. The van der Waals surface area contributed by atoms with Crippen LogP contribution in [0.4, 0.5) is 11.4 Å². The highest BCUT2D eigenvalue weighted by atomic mass is 16.5. The normalized spacial score (nSPS) is 9.88. The Hall–Kier alpha value is -3.35. The molecule has 0 aliphatic heterocycles. The largest absolute Gasteiger partial charge is 0.507 e. The molecule has 7 nitrogen and oxygen atoms in total. The molecule has 24 heavy (non-hydrogen) atoms. The highest BCUT2D eigenvalue weighted by Crippen LogP contribution is 2.17. The van der Waals surface area contributed by atoms with Gasteiger partial charge in [-0.3, -0.25) is 9.59 Å². The minimum absolute atomic E-state index is 0.0158. The van der Waals surface area contributed by atoms with E-state index in [1.807, 2.05) is 0 Å². The Morgan fingerprint density at radius 2 is 1.67 bits per heavy atom. The lowest BCUT2D eigenvalue weighted by molar-refractivity contribution is -0.119. The Morgan fingerprint density at radius 1 is 1.00 bits per heavy atom. The number of carbonyl (C=O) groups is 3. The van der Waals surface area contributed by atoms with E-state index in [4.69, 9.17) is 4.74 Å². The second kappa shape index (κ2) is 7.77. The maximum Gasteiger partial charge on any atom is 0.342 e. The molecule has 0 aliphatic rings. The molecular weight excluding hydrogens is 312 g/mol. The first kappa shape index (κ1) is 17.0. The molecule has 2 aromatic rings. The lowest BCUT2D eigenvalue weighted by Crippen LogP contribution is -2.21. The number of anilines is 2. The molecule has 2 aromatic carbocycles. The van der Waals surface area contributed by atoms with E-state index < -0.39 is 18.5 Å². The maximum absolute atomic E-state index is 11.8. The number of rotatable bonds is 5. The quantitative estimate of drug-likeness (QED) is 0.729. The Kier molecular flexibility index (Phi) is 5.51. The van der Waals surface area contributed by atoms with Gasteiger partial charge in [-0.05, 0) is 30.3 Å². The van der Waals surface area contributed by atoms with E-state index in [2.05, 4.69) is 10.6 Å². The van der Waals surface area contributed by atoms with E-state index in [0.717, 1.165) is 0 Å². The number of esters is 1. The molecule has 0 spiro atoms. The van der Waals surface area contributed by atoms with Crippen molar-refractivity contribution in [2.75, 3.05) is 17.2 Å². The van der Waals surface area contributed by atoms with Gasteiger partial charge in [0.2, 0.25) is 5.91 Å². The average Bonchev–Trinajstić information content (AvgIpc) is 2.53. The summed E-state index contributed by atoms with van der Waals surface area (Å²) < 4.78 is 4.86. The number of phenolic OH excluding ortho intramolecular Hbond substituents is 1. The van der Waals surface area contributed by atoms with Gasteiger partial charge in [-0.1, -0.05) is 18.2 Å². The molecule has 3 N–H and O–H groups in total. The van der Waals surface area contributed by atoms with Gasteiger partial charge in [-0.15, -0.1) is 0 Å². The van der Waals surface area contributed by atoms with Crippen LogP contribution >= 0.6 is 0 Å². The van der Waals surface area contributed by atoms with Crippen molar-refractivity contribution in [2.24, 2.45) is 0 Å². The van der Waals surface area contributed by atoms with Crippen LogP contribution in [0.1, 0.15) is 17.3 Å². The predicted octanol–water partition coefficient (Wildman–Crippen LogP) is 2.15. The summed E-state index contributed by atoms with van der Waals surface area (Å²) in [4.78, 5) is 34.6. The van der Waals surface area contributed by atoms with Gasteiger partial charge in [0.25, 0.3) is 5.91 Å². The van der Waals surface area contributed by atoms with E-state index in [0.29, 0.717) is 11.4 Å². The van der Waals surface area contributed by atoms with Gasteiger partial charge in [0.15, 0.2) is 6.61 Å². The molecule has 2 amide bonds. The van der Waals surface area contributed by atoms with Gasteiger partial charge in [0.1, 0.15) is 11.3 Å². The van der Waals surface area contributed by atoms with Gasteiger partial charge in [-0.2, -0.15) is 0 Å². The van der Waals surface area contributed by atoms with E-state index >= 15 is 0 Å². The summed E-state index contributed by atoms with van der Waals surface area (Å²) in [5, 5.41) is 14.7. The first-order valence-electron chi connectivity index (χ1n) is 7.08. The fourth-order valence-corrected chi connectivity index (χ4v) is 1.93. The van der Waals surface area contributed by atoms with Crippen LogP contribution in [0.2, 0.25) is 0 Å². The highest BCUT2D eigenvalue weighted by Gasteiger charge is 2.13. The smallest absolute Gasteiger partial charge is 0.342 e. The number of benzene rings is 2. The third-order valence-corrected chi connectivity index (χ3v) is 2.93. The zero-order chi connectivity index (χ0) is 17.5. The number of phenols is 1. The molecule has 2 rings (SSSR count). The topological polar surface area (TPSA) is 105 Å². The Balaban J connectivity index is 1.91. The van der Waals surface area contributed by atoms with Gasteiger partial charge >= 0.3 is 5.97 Å². The van der Waals surface area contributed by atoms with Crippen molar-refractivity contribution in [2.45, 2.75) is 6.92 Å². The van der Waals surface area contributed by atoms with Crippen molar-refractivity contribution in [1.82, 2.24) is 0 Å². The number of hydrogen-bond acceptors (Lipinski definition) is 5. The molecular formula is C17H16N2O5. The fourth-order valence-electron chi connectivity index (χ4n) is 1.93. The molecule has 0 aliphatic carbocycles. The second-order valence-electron chi connectivity index (χ2n) is 4.90. The van der Waals surface area contributed by atoms with Crippen LogP contribution in [0.25, 0.3) is 0 Å². The van der Waals surface area contributed by atoms with Gasteiger partial charge in [-0.25, -0.2) is 4.79 Å². The van der Waals surface area contributed by atoms with Crippen molar-refractivity contribution in [3.63, 3.8) is 0 Å². The summed E-state index contributed by atoms with van der Waals surface area (Å²) in [6, 6.07) is 12.4. The monoisotopic (exact) mass is 328 g/mol. The summed E-state index contributed by atoms with van der Waals surface area (Å²) in [7, 11) is 0. The minimum Gasteiger partial charge on any atom is -0.507 e. The number of nitrogens with one attached hydrogen (secondary N) is 2. The van der Waals surface area contributed by atoms with Gasteiger partial charge < -0.3 is 20.5 Å². The van der Waals surface area contributed by atoms with E-state index in [1.54, 1.807) is 36.4 Å². The average molecular weight is 328 g/mol. The van der Waals surface area contributed by atoms with Crippen LogP contribution in [0.3, 0.4) is 0 Å². The van der Waals surface area contributed by atoms with Crippen LogP contribution in [0, 0.1) is 0 Å². The Morgan fingerprint density at radius 3 is 2.33 bits per heavy atom. The molecule has 0 unspecified atom stereocenters. The Bertz CT molecular complexity index is 773. The first-order valence-corrected chi connectivity index (χ1v) is 7.08. The lowest BCUT2D eigenvalue weighted by Gasteiger charge is -2.09. The van der Waals surface area contributed by atoms with Crippen molar-refractivity contribution in [3.05, 3.63) is 54.1 Å². The van der Waals surface area contributed by atoms with E-state index in [-0.39, 0.29) is 17.2 Å². The molecule has 0 fully saturated rings.